The van der Waals surface area contributed by atoms with E-state index in [0.717, 1.165) is 32.0 Å². The molecular weight excluding hydrogens is 289 g/mol. The molecule has 1 heterocycles. The first-order valence-electron chi connectivity index (χ1n) is 8.46. The van der Waals surface area contributed by atoms with Crippen molar-refractivity contribution < 1.29 is 9.13 Å². The zero-order valence-corrected chi connectivity index (χ0v) is 13.2. The summed E-state index contributed by atoms with van der Waals surface area (Å²) in [5.41, 5.74) is 1.37. The average molecular weight is 311 g/mol. The van der Waals surface area contributed by atoms with E-state index < -0.39 is 0 Å². The number of rotatable bonds is 4. The number of likely N-dealkylation sites (tertiary alicyclic amines) is 1. The Morgan fingerprint density at radius 3 is 2.70 bits per heavy atom. The SMILES string of the molecule is Fc1cccc(O[C@H]2CC[C@@H]3CN(Cc4ccccc4)C[C@@H]32)c1. The summed E-state index contributed by atoms with van der Waals surface area (Å²) in [7, 11) is 0. The second-order valence-corrected chi connectivity index (χ2v) is 6.79. The molecule has 1 aliphatic heterocycles. The lowest BCUT2D eigenvalue weighted by Crippen LogP contribution is -2.28. The fraction of sp³-hybridized carbons (Fsp3) is 0.400. The third kappa shape index (κ3) is 3.25. The van der Waals surface area contributed by atoms with Gasteiger partial charge in [-0.2, -0.15) is 0 Å². The number of hydrogen-bond acceptors (Lipinski definition) is 2. The monoisotopic (exact) mass is 311 g/mol. The van der Waals surface area contributed by atoms with Crippen LogP contribution < -0.4 is 4.74 Å². The summed E-state index contributed by atoms with van der Waals surface area (Å²) >= 11 is 0. The number of ether oxygens (including phenoxy) is 1. The van der Waals surface area contributed by atoms with Crippen molar-refractivity contribution in [1.82, 2.24) is 4.90 Å². The molecule has 1 saturated heterocycles. The molecule has 0 radical (unpaired) electrons. The van der Waals surface area contributed by atoms with Crippen LogP contribution in [0.4, 0.5) is 4.39 Å². The summed E-state index contributed by atoms with van der Waals surface area (Å²) in [6, 6.07) is 17.2. The van der Waals surface area contributed by atoms with Crippen molar-refractivity contribution in [2.45, 2.75) is 25.5 Å². The molecule has 3 heteroatoms. The Bertz CT molecular complexity index is 660. The Labute approximate surface area is 136 Å². The van der Waals surface area contributed by atoms with Gasteiger partial charge in [-0.25, -0.2) is 4.39 Å². The minimum atomic E-state index is -0.228. The van der Waals surface area contributed by atoms with Crippen molar-refractivity contribution in [2.75, 3.05) is 13.1 Å². The summed E-state index contributed by atoms with van der Waals surface area (Å²) in [6.45, 7) is 3.25. The second kappa shape index (κ2) is 6.32. The standard InChI is InChI=1S/C20H22FNO/c21-17-7-4-8-18(11-17)23-20-10-9-16-13-22(14-19(16)20)12-15-5-2-1-3-6-15/h1-8,11,16,19-20H,9-10,12-14H2/t16-,19+,20+/m1/s1. The smallest absolute Gasteiger partial charge is 0.126 e. The molecule has 1 aliphatic carbocycles. The predicted octanol–water partition coefficient (Wildman–Crippen LogP) is 4.12. The summed E-state index contributed by atoms with van der Waals surface area (Å²) in [6.07, 6.45) is 2.53. The zero-order chi connectivity index (χ0) is 15.6. The van der Waals surface area contributed by atoms with Crippen molar-refractivity contribution in [3.05, 3.63) is 66.0 Å². The van der Waals surface area contributed by atoms with Crippen LogP contribution in [-0.2, 0) is 6.54 Å². The molecule has 1 saturated carbocycles. The molecule has 120 valence electrons. The van der Waals surface area contributed by atoms with Gasteiger partial charge in [-0.15, -0.1) is 0 Å². The van der Waals surface area contributed by atoms with E-state index in [1.54, 1.807) is 6.07 Å². The maximum Gasteiger partial charge on any atom is 0.126 e. The van der Waals surface area contributed by atoms with Gasteiger partial charge in [-0.3, -0.25) is 4.90 Å². The van der Waals surface area contributed by atoms with Gasteiger partial charge in [0.1, 0.15) is 17.7 Å². The van der Waals surface area contributed by atoms with E-state index in [9.17, 15) is 4.39 Å². The highest BCUT2D eigenvalue weighted by molar-refractivity contribution is 5.23. The zero-order valence-electron chi connectivity index (χ0n) is 13.2. The van der Waals surface area contributed by atoms with Crippen LogP contribution in [0.5, 0.6) is 5.75 Å². The quantitative estimate of drug-likeness (QED) is 0.842. The Morgan fingerprint density at radius 2 is 1.87 bits per heavy atom. The summed E-state index contributed by atoms with van der Waals surface area (Å²) < 4.78 is 19.4. The third-order valence-corrected chi connectivity index (χ3v) is 5.20. The Balaban J connectivity index is 1.39. The van der Waals surface area contributed by atoms with Gasteiger partial charge in [0.05, 0.1) is 0 Å². The van der Waals surface area contributed by atoms with Crippen molar-refractivity contribution in [2.24, 2.45) is 11.8 Å². The first-order chi connectivity index (χ1) is 11.3. The Kier molecular flexibility index (Phi) is 4.04. The lowest BCUT2D eigenvalue weighted by atomic mass is 9.99. The minimum absolute atomic E-state index is 0.225. The van der Waals surface area contributed by atoms with Gasteiger partial charge < -0.3 is 4.74 Å². The maximum absolute atomic E-state index is 13.3. The molecule has 2 aromatic carbocycles. The van der Waals surface area contributed by atoms with Crippen molar-refractivity contribution >= 4 is 0 Å². The molecule has 2 aromatic rings. The number of hydrogen-bond donors (Lipinski definition) is 0. The normalized spacial score (nSPS) is 27.1. The van der Waals surface area contributed by atoms with Gasteiger partial charge in [-0.1, -0.05) is 36.4 Å². The Hall–Kier alpha value is -1.87. The molecule has 2 nitrogen and oxygen atoms in total. The minimum Gasteiger partial charge on any atom is -0.490 e. The fourth-order valence-electron chi connectivity index (χ4n) is 4.14. The van der Waals surface area contributed by atoms with Crippen molar-refractivity contribution in [3.63, 3.8) is 0 Å². The van der Waals surface area contributed by atoms with Gasteiger partial charge in [0.25, 0.3) is 0 Å². The molecule has 0 N–H and O–H groups in total. The molecule has 0 unspecified atom stereocenters. The van der Waals surface area contributed by atoms with E-state index in [4.69, 9.17) is 4.74 Å². The van der Waals surface area contributed by atoms with Gasteiger partial charge >= 0.3 is 0 Å². The summed E-state index contributed by atoms with van der Waals surface area (Å²) in [5, 5.41) is 0. The number of halogens is 1. The lowest BCUT2D eigenvalue weighted by Gasteiger charge is -2.22. The largest absolute Gasteiger partial charge is 0.490 e. The molecule has 3 atom stereocenters. The van der Waals surface area contributed by atoms with Gasteiger partial charge in [0, 0.05) is 31.6 Å². The summed E-state index contributed by atoms with van der Waals surface area (Å²) in [4.78, 5) is 2.53. The third-order valence-electron chi connectivity index (χ3n) is 5.20. The number of benzene rings is 2. The molecule has 2 aliphatic rings. The lowest BCUT2D eigenvalue weighted by molar-refractivity contribution is 0.147. The van der Waals surface area contributed by atoms with E-state index in [0.29, 0.717) is 11.7 Å². The predicted molar refractivity (Wildman–Crippen MR) is 88.7 cm³/mol. The van der Waals surface area contributed by atoms with Crippen LogP contribution >= 0.6 is 0 Å². The molecule has 0 bridgehead atoms. The van der Waals surface area contributed by atoms with E-state index in [-0.39, 0.29) is 11.9 Å². The first-order valence-corrected chi connectivity index (χ1v) is 8.46. The molecule has 23 heavy (non-hydrogen) atoms. The highest BCUT2D eigenvalue weighted by Crippen LogP contribution is 2.40. The fourth-order valence-corrected chi connectivity index (χ4v) is 4.14. The number of nitrogens with zero attached hydrogens (tertiary/aromatic N) is 1. The highest BCUT2D eigenvalue weighted by atomic mass is 19.1. The number of fused-ring (bicyclic) bond motifs is 1. The summed E-state index contributed by atoms with van der Waals surface area (Å²) in [5.74, 6) is 1.73. The van der Waals surface area contributed by atoms with Crippen molar-refractivity contribution in [3.8, 4) is 5.75 Å². The second-order valence-electron chi connectivity index (χ2n) is 6.79. The Morgan fingerprint density at radius 1 is 1.00 bits per heavy atom. The topological polar surface area (TPSA) is 12.5 Å². The van der Waals surface area contributed by atoms with Gasteiger partial charge in [-0.05, 0) is 36.5 Å². The maximum atomic E-state index is 13.3. The van der Waals surface area contributed by atoms with Crippen molar-refractivity contribution in [1.29, 1.82) is 0 Å². The molecule has 2 fully saturated rings. The van der Waals surface area contributed by atoms with Crippen LogP contribution in [0.25, 0.3) is 0 Å². The average Bonchev–Trinajstić information content (AvgIpc) is 3.10. The molecular formula is C20H22FNO. The van der Waals surface area contributed by atoms with Crippen LogP contribution in [0.2, 0.25) is 0 Å². The van der Waals surface area contributed by atoms with Gasteiger partial charge in [0.15, 0.2) is 0 Å². The van der Waals surface area contributed by atoms with E-state index in [1.165, 1.54) is 24.1 Å². The first kappa shape index (κ1) is 14.7. The van der Waals surface area contributed by atoms with E-state index in [1.807, 2.05) is 6.07 Å². The van der Waals surface area contributed by atoms with E-state index >= 15 is 0 Å². The van der Waals surface area contributed by atoms with Crippen LogP contribution in [0.15, 0.2) is 54.6 Å². The van der Waals surface area contributed by atoms with Crippen LogP contribution in [0, 0.1) is 17.7 Å². The molecule has 0 spiro atoms. The van der Waals surface area contributed by atoms with Crippen LogP contribution in [-0.4, -0.2) is 24.1 Å². The molecule has 0 aromatic heterocycles. The molecule has 4 rings (SSSR count). The highest BCUT2D eigenvalue weighted by Gasteiger charge is 2.43. The van der Waals surface area contributed by atoms with E-state index in [2.05, 4.69) is 35.2 Å². The van der Waals surface area contributed by atoms with Crippen LogP contribution in [0.3, 0.4) is 0 Å². The van der Waals surface area contributed by atoms with Crippen LogP contribution in [0.1, 0.15) is 18.4 Å². The van der Waals surface area contributed by atoms with Gasteiger partial charge in [0.2, 0.25) is 0 Å². The molecule has 0 amide bonds.